The molecule has 5 heteroatoms. The first-order chi connectivity index (χ1) is 5.79. The summed E-state index contributed by atoms with van der Waals surface area (Å²) in [6.45, 7) is 0. The van der Waals surface area contributed by atoms with Gasteiger partial charge in [-0.3, -0.25) is 0 Å². The Morgan fingerprint density at radius 1 is 1.17 bits per heavy atom. The van der Waals surface area contributed by atoms with Gasteiger partial charge in [0.15, 0.2) is 0 Å². The second-order valence-corrected chi connectivity index (χ2v) is 6.17. The number of hydrogen-bond donors (Lipinski definition) is 2. The van der Waals surface area contributed by atoms with Crippen molar-refractivity contribution in [2.45, 2.75) is 0 Å². The standard InChI is InChI=1S/C7H11NO2Se2/c1-8-6(11-4-9)2-3-7(8)12-5-10/h2-3,9-10H,4-5H2,1H3. The predicted molar refractivity (Wildman–Crippen MR) is 50.4 cm³/mol. The van der Waals surface area contributed by atoms with Crippen molar-refractivity contribution < 1.29 is 10.2 Å². The summed E-state index contributed by atoms with van der Waals surface area (Å²) in [4.78, 5) is 0. The van der Waals surface area contributed by atoms with E-state index in [1.54, 1.807) is 0 Å². The third-order valence-corrected chi connectivity index (χ3v) is 4.96. The predicted octanol–water partition coefficient (Wildman–Crippen LogP) is -2.42. The normalized spacial score (nSPS) is 10.6. The first-order valence-corrected chi connectivity index (χ1v) is 7.56. The Kier molecular flexibility index (Phi) is 4.36. The Balaban J connectivity index is 2.74. The quantitative estimate of drug-likeness (QED) is 0.608. The number of aliphatic hydroxyl groups is 2. The van der Waals surface area contributed by atoms with Crippen molar-refractivity contribution in [3.05, 3.63) is 12.1 Å². The van der Waals surface area contributed by atoms with Gasteiger partial charge in [-0.2, -0.15) is 0 Å². The summed E-state index contributed by atoms with van der Waals surface area (Å²) in [6.07, 6.45) is 0. The Morgan fingerprint density at radius 2 is 1.58 bits per heavy atom. The van der Waals surface area contributed by atoms with E-state index in [0.717, 1.165) is 0 Å². The molecule has 0 bridgehead atoms. The molecule has 68 valence electrons. The second-order valence-electron chi connectivity index (χ2n) is 2.12. The van der Waals surface area contributed by atoms with Gasteiger partial charge in [0.25, 0.3) is 0 Å². The molecule has 2 N–H and O–H groups in total. The molecule has 1 aromatic heterocycles. The molecule has 0 atom stereocenters. The van der Waals surface area contributed by atoms with Gasteiger partial charge in [-0.15, -0.1) is 0 Å². The van der Waals surface area contributed by atoms with E-state index in [-0.39, 0.29) is 40.9 Å². The summed E-state index contributed by atoms with van der Waals surface area (Å²) in [5, 5.41) is 17.5. The van der Waals surface area contributed by atoms with Gasteiger partial charge in [0.1, 0.15) is 0 Å². The second kappa shape index (κ2) is 5.07. The van der Waals surface area contributed by atoms with Crippen molar-refractivity contribution in [3.8, 4) is 0 Å². The van der Waals surface area contributed by atoms with Gasteiger partial charge in [0, 0.05) is 0 Å². The molecule has 0 spiro atoms. The van der Waals surface area contributed by atoms with Crippen LogP contribution in [-0.2, 0) is 7.05 Å². The molecule has 0 aliphatic rings. The molecule has 1 rings (SSSR count). The van der Waals surface area contributed by atoms with Gasteiger partial charge in [0.2, 0.25) is 0 Å². The van der Waals surface area contributed by atoms with Crippen LogP contribution in [0, 0.1) is 0 Å². The van der Waals surface area contributed by atoms with E-state index in [2.05, 4.69) is 4.57 Å². The molecule has 0 fully saturated rings. The minimum absolute atomic E-state index is 0.165. The zero-order valence-corrected chi connectivity index (χ0v) is 10.2. The van der Waals surface area contributed by atoms with Crippen molar-refractivity contribution in [3.63, 3.8) is 0 Å². The molecule has 12 heavy (non-hydrogen) atoms. The van der Waals surface area contributed by atoms with Crippen molar-refractivity contribution in [2.24, 2.45) is 7.05 Å². The fourth-order valence-electron chi connectivity index (χ4n) is 0.897. The summed E-state index contributed by atoms with van der Waals surface area (Å²) in [6, 6.07) is 4.06. The summed E-state index contributed by atoms with van der Waals surface area (Å²) in [7, 11) is 1.99. The van der Waals surface area contributed by atoms with Crippen LogP contribution in [0.4, 0.5) is 0 Å². The minimum atomic E-state index is 0.165. The van der Waals surface area contributed by atoms with E-state index in [1.807, 2.05) is 19.2 Å². The molecule has 0 aliphatic carbocycles. The summed E-state index contributed by atoms with van der Waals surface area (Å²) in [5.74, 6) is 0. The van der Waals surface area contributed by atoms with Crippen LogP contribution in [0.5, 0.6) is 0 Å². The van der Waals surface area contributed by atoms with Crippen LogP contribution >= 0.6 is 0 Å². The van der Waals surface area contributed by atoms with Crippen LogP contribution in [0.3, 0.4) is 0 Å². The van der Waals surface area contributed by atoms with Gasteiger partial charge in [-0.25, -0.2) is 0 Å². The first-order valence-electron chi connectivity index (χ1n) is 3.42. The Hall–Kier alpha value is 0.239. The van der Waals surface area contributed by atoms with E-state index < -0.39 is 0 Å². The molecule has 0 radical (unpaired) electrons. The van der Waals surface area contributed by atoms with Gasteiger partial charge < -0.3 is 0 Å². The maximum atomic E-state index is 8.75. The monoisotopic (exact) mass is 301 g/mol. The molecule has 0 saturated carbocycles. The SMILES string of the molecule is Cn1c([Se]CO)ccc1[Se]CO. The molecular weight excluding hydrogens is 288 g/mol. The molecule has 0 saturated heterocycles. The zero-order chi connectivity index (χ0) is 8.97. The van der Waals surface area contributed by atoms with Crippen molar-refractivity contribution in [2.75, 3.05) is 11.0 Å². The summed E-state index contributed by atoms with van der Waals surface area (Å²) in [5.41, 5.74) is 0.493. The molecule has 1 heterocycles. The van der Waals surface area contributed by atoms with E-state index in [4.69, 9.17) is 10.2 Å². The fourth-order valence-corrected chi connectivity index (χ4v) is 3.66. The molecule has 1 aromatic rings. The molecule has 0 unspecified atom stereocenters. The molecule has 0 amide bonds. The van der Waals surface area contributed by atoms with Crippen LogP contribution in [-0.4, -0.2) is 55.7 Å². The van der Waals surface area contributed by atoms with Crippen molar-refractivity contribution >= 4 is 39.1 Å². The van der Waals surface area contributed by atoms with E-state index >= 15 is 0 Å². The molecule has 0 aliphatic heterocycles. The zero-order valence-electron chi connectivity index (χ0n) is 6.73. The topological polar surface area (TPSA) is 45.4 Å². The van der Waals surface area contributed by atoms with Crippen LogP contribution in [0.15, 0.2) is 12.1 Å². The third kappa shape index (κ3) is 2.36. The average molecular weight is 299 g/mol. The van der Waals surface area contributed by atoms with Crippen LogP contribution in [0.25, 0.3) is 0 Å². The molecule has 3 nitrogen and oxygen atoms in total. The Labute approximate surface area is 84.1 Å². The third-order valence-electron chi connectivity index (χ3n) is 1.45. The fraction of sp³-hybridized carbons (Fsp3) is 0.429. The van der Waals surface area contributed by atoms with Crippen LogP contribution in [0.1, 0.15) is 0 Å². The van der Waals surface area contributed by atoms with E-state index in [0.29, 0.717) is 0 Å². The van der Waals surface area contributed by atoms with Crippen LogP contribution in [0.2, 0.25) is 0 Å². The number of hydrogen-bond acceptors (Lipinski definition) is 2. The summed E-state index contributed by atoms with van der Waals surface area (Å²) < 4.78 is 4.46. The maximum absolute atomic E-state index is 8.75. The molecular formula is C7H11NO2Se2. The van der Waals surface area contributed by atoms with Gasteiger partial charge in [-0.1, -0.05) is 0 Å². The van der Waals surface area contributed by atoms with Gasteiger partial charge in [0.05, 0.1) is 0 Å². The van der Waals surface area contributed by atoms with Crippen LogP contribution < -0.4 is 9.18 Å². The van der Waals surface area contributed by atoms with Gasteiger partial charge >= 0.3 is 84.1 Å². The Bertz CT molecular complexity index is 226. The van der Waals surface area contributed by atoms with Crippen molar-refractivity contribution in [1.29, 1.82) is 0 Å². The number of nitrogens with zero attached hydrogens (tertiary/aromatic N) is 1. The number of aliphatic hydroxyl groups excluding tert-OH is 2. The van der Waals surface area contributed by atoms with E-state index in [1.165, 1.54) is 9.18 Å². The first kappa shape index (κ1) is 10.3. The average Bonchev–Trinajstić information content (AvgIpc) is 2.38. The number of aromatic nitrogens is 1. The molecule has 0 aromatic carbocycles. The summed E-state index contributed by atoms with van der Waals surface area (Å²) >= 11 is 0.330. The van der Waals surface area contributed by atoms with Crippen molar-refractivity contribution in [1.82, 2.24) is 4.57 Å². The number of rotatable bonds is 4. The van der Waals surface area contributed by atoms with Gasteiger partial charge in [-0.05, 0) is 0 Å². The Morgan fingerprint density at radius 3 is 1.92 bits per heavy atom. The van der Waals surface area contributed by atoms with E-state index in [9.17, 15) is 0 Å².